The lowest BCUT2D eigenvalue weighted by Crippen LogP contribution is -2.51. The highest BCUT2D eigenvalue weighted by atomic mass is 19.4. The van der Waals surface area contributed by atoms with Crippen LogP contribution in [0.15, 0.2) is 132 Å². The predicted octanol–water partition coefficient (Wildman–Crippen LogP) is 9.19. The van der Waals surface area contributed by atoms with Crippen LogP contribution in [0.2, 0.25) is 0 Å². The van der Waals surface area contributed by atoms with Crippen molar-refractivity contribution < 1.29 is 45.5 Å². The van der Waals surface area contributed by atoms with Crippen LogP contribution < -0.4 is 9.80 Å². The summed E-state index contributed by atoms with van der Waals surface area (Å²) in [5.41, 5.74) is 0.951. The van der Waals surface area contributed by atoms with Crippen LogP contribution in [0.3, 0.4) is 0 Å². The molecule has 4 aromatic rings. The number of carbonyl (C=O) groups excluding carboxylic acids is 4. The van der Waals surface area contributed by atoms with Gasteiger partial charge in [-0.3, -0.25) is 19.4 Å². The number of hydrogen-bond acceptors (Lipinski definition) is 8. The number of nitrogens with zero attached hydrogens (tertiary/aromatic N) is 10. The predicted molar refractivity (Wildman–Crippen MR) is 255 cm³/mol. The molecule has 0 unspecified atom stereocenters. The van der Waals surface area contributed by atoms with Gasteiger partial charge in [0.25, 0.3) is 11.8 Å². The van der Waals surface area contributed by atoms with Gasteiger partial charge in [-0.15, -0.1) is 0 Å². The van der Waals surface area contributed by atoms with E-state index in [1.54, 1.807) is 62.4 Å². The van der Waals surface area contributed by atoms with Gasteiger partial charge in [0.05, 0.1) is 100 Å². The molecule has 73 heavy (non-hydrogen) atoms. The number of anilines is 2. The largest absolute Gasteiger partial charge is 0.416 e. The average molecular weight is 1000 g/mol. The first kappa shape index (κ1) is 49.7. The molecular formula is C53H48F6N10O4. The highest BCUT2D eigenvalue weighted by Crippen LogP contribution is 2.46. The number of likely N-dealkylation sites (N-methyl/N-ethyl adjacent to an activating group) is 2. The first-order valence-corrected chi connectivity index (χ1v) is 23.7. The monoisotopic (exact) mass is 1000 g/mol. The zero-order chi connectivity index (χ0) is 51.9. The van der Waals surface area contributed by atoms with Crippen LogP contribution in [0, 0.1) is 22.7 Å². The number of carbonyl (C=O) groups is 4. The van der Waals surface area contributed by atoms with Crippen molar-refractivity contribution in [2.45, 2.75) is 51.1 Å². The second-order valence-corrected chi connectivity index (χ2v) is 18.1. The van der Waals surface area contributed by atoms with E-state index in [1.165, 1.54) is 53.7 Å². The molecule has 0 fully saturated rings. The summed E-state index contributed by atoms with van der Waals surface area (Å²) in [4.78, 5) is 70.3. The van der Waals surface area contributed by atoms with E-state index in [1.807, 2.05) is 22.2 Å². The summed E-state index contributed by atoms with van der Waals surface area (Å²) in [5, 5.41) is 19.1. The van der Waals surface area contributed by atoms with Crippen LogP contribution >= 0.6 is 0 Å². The fourth-order valence-corrected chi connectivity index (χ4v) is 10.2. The Morgan fingerprint density at radius 1 is 0.548 bits per heavy atom. The summed E-state index contributed by atoms with van der Waals surface area (Å²) >= 11 is 0. The van der Waals surface area contributed by atoms with Gasteiger partial charge in [0.15, 0.2) is 0 Å². The van der Waals surface area contributed by atoms with Gasteiger partial charge in [-0.05, 0) is 98.5 Å². The van der Waals surface area contributed by atoms with Gasteiger partial charge in [0.1, 0.15) is 0 Å². The van der Waals surface area contributed by atoms with E-state index in [0.29, 0.717) is 54.9 Å². The molecule has 4 aromatic carbocycles. The van der Waals surface area contributed by atoms with Crippen molar-refractivity contribution in [1.29, 1.82) is 10.5 Å². The molecule has 0 aromatic heterocycles. The number of hydrogen-bond donors (Lipinski definition) is 0. The van der Waals surface area contributed by atoms with E-state index in [4.69, 9.17) is 0 Å². The highest BCUT2D eigenvalue weighted by Gasteiger charge is 2.50. The molecule has 5 aliphatic heterocycles. The fraction of sp³-hybridized carbons (Fsp3) is 0.321. The van der Waals surface area contributed by atoms with Crippen molar-refractivity contribution in [3.63, 3.8) is 0 Å². The molecule has 0 N–H and O–H groups in total. The minimum Gasteiger partial charge on any atom is -0.359 e. The summed E-state index contributed by atoms with van der Waals surface area (Å²) in [5.74, 6) is -0.709. The second-order valence-electron chi connectivity index (χ2n) is 18.1. The van der Waals surface area contributed by atoms with Gasteiger partial charge >= 0.3 is 24.4 Å². The van der Waals surface area contributed by atoms with Crippen molar-refractivity contribution in [3.8, 4) is 12.1 Å². The molecule has 6 amide bonds. The van der Waals surface area contributed by atoms with Crippen LogP contribution in [0.4, 0.5) is 47.3 Å². The van der Waals surface area contributed by atoms with E-state index in [-0.39, 0.29) is 85.0 Å². The summed E-state index contributed by atoms with van der Waals surface area (Å²) in [6.45, 7) is 5.52. The average Bonchev–Trinajstić information content (AvgIpc) is 4.08. The third kappa shape index (κ3) is 9.40. The third-order valence-electron chi connectivity index (χ3n) is 13.8. The topological polar surface area (TPSA) is 142 Å². The Bertz CT molecular complexity index is 2830. The quantitative estimate of drug-likeness (QED) is 0.114. The molecule has 0 saturated carbocycles. The molecule has 0 radical (unpaired) electrons. The number of alkyl halides is 6. The Balaban J connectivity index is 0.931. The number of nitriles is 2. The molecule has 0 spiro atoms. The van der Waals surface area contributed by atoms with Gasteiger partial charge < -0.3 is 29.4 Å². The van der Waals surface area contributed by atoms with E-state index < -0.39 is 47.6 Å². The normalized spacial score (nSPS) is 19.2. The minimum atomic E-state index is -4.69. The Kier molecular flexibility index (Phi) is 13.4. The first-order chi connectivity index (χ1) is 34.9. The Morgan fingerprint density at radius 3 is 1.27 bits per heavy atom. The first-order valence-electron chi connectivity index (χ1n) is 23.7. The van der Waals surface area contributed by atoms with Gasteiger partial charge in [-0.2, -0.15) is 36.9 Å². The molecule has 2 atom stereocenters. The zero-order valence-corrected chi connectivity index (χ0v) is 39.7. The summed E-state index contributed by atoms with van der Waals surface area (Å²) in [6.07, 6.45) is -4.94. The number of halogens is 6. The van der Waals surface area contributed by atoms with Crippen molar-refractivity contribution in [1.82, 2.24) is 29.4 Å². The summed E-state index contributed by atoms with van der Waals surface area (Å²) in [6, 6.07) is 23.0. The standard InChI is InChI=1S/C53H48F6N10O4/c1-3-64-31-42-44(48(64)70)46(36-17-13-34(29-60)14-18-36)66(50(72)68(42)40-11-5-9-38(27-40)52(54,55)56)23-7-21-62-25-26-63(33-62)22-8-24-67-47(37-19-15-35(30-61)16-20-37)45-43(32-65(4-2)49(45)71)69(51(67)73)41-12-6-10-39(28-41)53(57,58)59/h5-6,9-20,25-28,46-47H,3-4,7-8,21-24,31-33H2,1-2H3/t46-,47-/m1/s1. The molecule has 0 bridgehead atoms. The van der Waals surface area contributed by atoms with E-state index in [0.717, 1.165) is 24.3 Å². The molecular weight excluding hydrogens is 955 g/mol. The summed E-state index contributed by atoms with van der Waals surface area (Å²) in [7, 11) is 0. The maximum absolute atomic E-state index is 14.8. The number of amides is 6. The minimum absolute atomic E-state index is 0.00621. The molecule has 20 heteroatoms. The Hall–Kier alpha value is -8.26. The van der Waals surface area contributed by atoms with E-state index in [9.17, 15) is 56.0 Å². The van der Waals surface area contributed by atoms with E-state index >= 15 is 0 Å². The maximum Gasteiger partial charge on any atom is 0.416 e. The lowest BCUT2D eigenvalue weighted by atomic mass is 9.92. The van der Waals surface area contributed by atoms with Gasteiger partial charge in [-0.25, -0.2) is 9.59 Å². The molecule has 0 saturated heterocycles. The smallest absolute Gasteiger partial charge is 0.359 e. The number of rotatable bonds is 14. The zero-order valence-electron chi connectivity index (χ0n) is 39.7. The van der Waals surface area contributed by atoms with Crippen molar-refractivity contribution in [2.24, 2.45) is 0 Å². The number of benzene rings is 4. The van der Waals surface area contributed by atoms with Crippen LogP contribution in [0.25, 0.3) is 0 Å². The lowest BCUT2D eigenvalue weighted by Gasteiger charge is -2.42. The van der Waals surface area contributed by atoms with Crippen LogP contribution in [-0.4, -0.2) is 112 Å². The molecule has 376 valence electrons. The molecule has 0 aliphatic carbocycles. The highest BCUT2D eigenvalue weighted by molar-refractivity contribution is 6.08. The van der Waals surface area contributed by atoms with Crippen LogP contribution in [0.5, 0.6) is 0 Å². The van der Waals surface area contributed by atoms with E-state index in [2.05, 4.69) is 12.1 Å². The molecule has 14 nitrogen and oxygen atoms in total. The molecule has 9 rings (SSSR count). The van der Waals surface area contributed by atoms with Gasteiger partial charge in [0, 0.05) is 51.7 Å². The second kappa shape index (κ2) is 19.7. The fourth-order valence-electron chi connectivity index (χ4n) is 10.2. The van der Waals surface area contributed by atoms with Crippen LogP contribution in [0.1, 0.15) is 72.2 Å². The Morgan fingerprint density at radius 2 is 0.932 bits per heavy atom. The molecule has 5 heterocycles. The van der Waals surface area contributed by atoms with Gasteiger partial charge in [0.2, 0.25) is 0 Å². The Labute approximate surface area is 417 Å². The number of urea groups is 2. The maximum atomic E-state index is 14.8. The third-order valence-corrected chi connectivity index (χ3v) is 13.8. The molecule has 5 aliphatic rings. The van der Waals surface area contributed by atoms with Crippen LogP contribution in [-0.2, 0) is 21.9 Å². The van der Waals surface area contributed by atoms with Crippen molar-refractivity contribution in [3.05, 3.63) is 165 Å². The SMILES string of the molecule is CCN1CC2=C(C1=O)[C@@H](c1ccc(C#N)cc1)N(CCCN1C=CN(CCCN3C(=O)N(c4cccc(C(F)(F)F)c4)C4=C(C(=O)N(CC)C4)[C@H]3c3ccc(C#N)cc3)C1)C(=O)N2c1cccc(C(F)(F)F)c1. The van der Waals surface area contributed by atoms with Crippen molar-refractivity contribution >= 4 is 35.3 Å². The summed E-state index contributed by atoms with van der Waals surface area (Å²) < 4.78 is 84.1. The lowest BCUT2D eigenvalue weighted by molar-refractivity contribution is -0.138. The van der Waals surface area contributed by atoms with Gasteiger partial charge in [-0.1, -0.05) is 36.4 Å². The van der Waals surface area contributed by atoms with Crippen molar-refractivity contribution in [2.75, 3.05) is 68.8 Å².